The molecule has 0 unspecified atom stereocenters. The lowest BCUT2D eigenvalue weighted by Gasteiger charge is -2.41. The molecule has 0 bridgehead atoms. The molecule has 1 fully saturated rings. The zero-order valence-corrected chi connectivity index (χ0v) is 20.0. The van der Waals surface area contributed by atoms with Crippen LogP contribution in [-0.2, 0) is 6.54 Å². The zero-order valence-electron chi connectivity index (χ0n) is 17.7. The molecule has 0 radical (unpaired) electrons. The van der Waals surface area contributed by atoms with Gasteiger partial charge < -0.3 is 16.0 Å². The van der Waals surface area contributed by atoms with Crippen LogP contribution in [0.5, 0.6) is 0 Å². The average Bonchev–Trinajstić information content (AvgIpc) is 2.69. The van der Waals surface area contributed by atoms with Crippen LogP contribution >= 0.6 is 24.0 Å². The summed E-state index contributed by atoms with van der Waals surface area (Å²) in [6, 6.07) is 7.68. The second-order valence-corrected chi connectivity index (χ2v) is 7.70. The number of piperidine rings is 1. The van der Waals surface area contributed by atoms with Crippen LogP contribution in [0.4, 0.5) is 0 Å². The second-order valence-electron chi connectivity index (χ2n) is 7.70. The monoisotopic (exact) mass is 501 g/mol. The zero-order chi connectivity index (χ0) is 19.7. The first-order valence-corrected chi connectivity index (χ1v) is 10.0. The van der Waals surface area contributed by atoms with Gasteiger partial charge >= 0.3 is 0 Å². The van der Waals surface area contributed by atoms with Gasteiger partial charge in [-0.2, -0.15) is 0 Å². The van der Waals surface area contributed by atoms with E-state index in [1.807, 2.05) is 31.2 Å². The summed E-state index contributed by atoms with van der Waals surface area (Å²) < 4.78 is 0. The topological polar surface area (TPSA) is 68.8 Å². The highest BCUT2D eigenvalue weighted by atomic mass is 127. The van der Waals surface area contributed by atoms with Gasteiger partial charge in [-0.25, -0.2) is 0 Å². The Morgan fingerprint density at radius 2 is 1.86 bits per heavy atom. The molecule has 7 heteroatoms. The third kappa shape index (κ3) is 7.58. The van der Waals surface area contributed by atoms with Crippen molar-refractivity contribution in [1.29, 1.82) is 0 Å². The van der Waals surface area contributed by atoms with E-state index in [9.17, 15) is 4.79 Å². The lowest BCUT2D eigenvalue weighted by molar-refractivity contribution is 0.0955. The Labute approximate surface area is 187 Å². The summed E-state index contributed by atoms with van der Waals surface area (Å²) in [6.07, 6.45) is 3.93. The Kier molecular flexibility index (Phi) is 10.8. The third-order valence-electron chi connectivity index (χ3n) is 5.11. The minimum absolute atomic E-state index is 0. The number of hydrogen-bond donors (Lipinski definition) is 3. The number of likely N-dealkylation sites (tertiary alicyclic amines) is 1. The molecular weight excluding hydrogens is 465 g/mol. The van der Waals surface area contributed by atoms with Crippen molar-refractivity contribution in [2.75, 3.05) is 33.2 Å². The second kappa shape index (κ2) is 12.3. The summed E-state index contributed by atoms with van der Waals surface area (Å²) in [5.41, 5.74) is 1.83. The van der Waals surface area contributed by atoms with Crippen LogP contribution in [0.3, 0.4) is 0 Å². The predicted molar refractivity (Wildman–Crippen MR) is 128 cm³/mol. The standard InChI is InChI=1S/C21H35N5O.HI/c1-5-23-19(27)18-11-9-10-17(14-18)15-24-20(22-4)25-16-21(2,3)26-12-7-6-8-13-26;/h9-11,14H,5-8,12-13,15-16H2,1-4H3,(H,23,27)(H2,22,24,25);1H. The molecule has 1 aliphatic heterocycles. The van der Waals surface area contributed by atoms with E-state index in [1.54, 1.807) is 7.05 Å². The Morgan fingerprint density at radius 3 is 2.50 bits per heavy atom. The maximum absolute atomic E-state index is 12.0. The summed E-state index contributed by atoms with van der Waals surface area (Å²) in [7, 11) is 1.79. The van der Waals surface area contributed by atoms with Crippen LogP contribution < -0.4 is 16.0 Å². The number of carbonyl (C=O) groups is 1. The SMILES string of the molecule is CCNC(=O)c1cccc(CNC(=NC)NCC(C)(C)N2CCCCC2)c1.I. The Bertz CT molecular complexity index is 641. The number of halogens is 1. The van der Waals surface area contributed by atoms with Crippen LogP contribution in [-0.4, -0.2) is 55.5 Å². The van der Waals surface area contributed by atoms with Crippen molar-refractivity contribution in [2.45, 2.75) is 52.1 Å². The molecule has 0 saturated carbocycles. The van der Waals surface area contributed by atoms with Gasteiger partial charge in [0.2, 0.25) is 0 Å². The van der Waals surface area contributed by atoms with Crippen LogP contribution in [0, 0.1) is 0 Å². The van der Waals surface area contributed by atoms with Gasteiger partial charge in [0.25, 0.3) is 5.91 Å². The number of aliphatic imine (C=N–C) groups is 1. The molecule has 1 heterocycles. The molecule has 0 aromatic heterocycles. The number of hydrogen-bond acceptors (Lipinski definition) is 3. The number of rotatable bonds is 7. The Morgan fingerprint density at radius 1 is 1.14 bits per heavy atom. The normalized spacial score (nSPS) is 15.5. The number of nitrogens with zero attached hydrogens (tertiary/aromatic N) is 2. The van der Waals surface area contributed by atoms with Crippen molar-refractivity contribution in [1.82, 2.24) is 20.9 Å². The van der Waals surface area contributed by atoms with E-state index in [1.165, 1.54) is 32.4 Å². The van der Waals surface area contributed by atoms with E-state index < -0.39 is 0 Å². The molecule has 0 atom stereocenters. The number of benzene rings is 1. The number of carbonyl (C=O) groups excluding carboxylic acids is 1. The Balaban J connectivity index is 0.00000392. The van der Waals surface area contributed by atoms with E-state index in [2.05, 4.69) is 39.7 Å². The lowest BCUT2D eigenvalue weighted by atomic mass is 9.98. The van der Waals surface area contributed by atoms with Crippen LogP contribution in [0.1, 0.15) is 56.0 Å². The smallest absolute Gasteiger partial charge is 0.251 e. The van der Waals surface area contributed by atoms with Crippen molar-refractivity contribution < 1.29 is 4.79 Å². The van der Waals surface area contributed by atoms with E-state index >= 15 is 0 Å². The van der Waals surface area contributed by atoms with Crippen molar-refractivity contribution >= 4 is 35.8 Å². The summed E-state index contributed by atoms with van der Waals surface area (Å²) in [5, 5.41) is 9.63. The molecule has 1 aromatic carbocycles. The van der Waals surface area contributed by atoms with Gasteiger partial charge in [0, 0.05) is 37.8 Å². The minimum Gasteiger partial charge on any atom is -0.355 e. The van der Waals surface area contributed by atoms with Crippen LogP contribution in [0.25, 0.3) is 0 Å². The fourth-order valence-corrected chi connectivity index (χ4v) is 3.40. The fourth-order valence-electron chi connectivity index (χ4n) is 3.40. The molecule has 2 rings (SSSR count). The largest absolute Gasteiger partial charge is 0.355 e. The summed E-state index contributed by atoms with van der Waals surface area (Å²) in [6.45, 7) is 10.9. The van der Waals surface area contributed by atoms with E-state index in [-0.39, 0.29) is 35.4 Å². The number of nitrogens with one attached hydrogen (secondary N) is 3. The van der Waals surface area contributed by atoms with Gasteiger partial charge in [0.05, 0.1) is 0 Å². The first-order chi connectivity index (χ1) is 13.0. The lowest BCUT2D eigenvalue weighted by Crippen LogP contribution is -2.54. The molecule has 6 nitrogen and oxygen atoms in total. The third-order valence-corrected chi connectivity index (χ3v) is 5.11. The first kappa shape index (κ1) is 24.7. The van der Waals surface area contributed by atoms with Gasteiger partial charge in [-0.3, -0.25) is 14.7 Å². The van der Waals surface area contributed by atoms with E-state index in [4.69, 9.17) is 0 Å². The molecule has 158 valence electrons. The molecule has 1 saturated heterocycles. The van der Waals surface area contributed by atoms with Crippen LogP contribution in [0.15, 0.2) is 29.3 Å². The van der Waals surface area contributed by atoms with Gasteiger partial charge in [-0.1, -0.05) is 18.6 Å². The summed E-state index contributed by atoms with van der Waals surface area (Å²) in [5.74, 6) is 0.744. The molecule has 1 aliphatic rings. The van der Waals surface area contributed by atoms with Crippen molar-refractivity contribution in [3.05, 3.63) is 35.4 Å². The highest BCUT2D eigenvalue weighted by molar-refractivity contribution is 14.0. The number of amides is 1. The van der Waals surface area contributed by atoms with E-state index in [0.717, 1.165) is 18.1 Å². The van der Waals surface area contributed by atoms with Gasteiger partial charge in [0.15, 0.2) is 5.96 Å². The molecule has 1 aromatic rings. The molecule has 0 aliphatic carbocycles. The first-order valence-electron chi connectivity index (χ1n) is 10.0. The van der Waals surface area contributed by atoms with Crippen molar-refractivity contribution in [3.8, 4) is 0 Å². The number of guanidine groups is 1. The fraction of sp³-hybridized carbons (Fsp3) is 0.619. The molecule has 0 spiro atoms. The summed E-state index contributed by atoms with van der Waals surface area (Å²) in [4.78, 5) is 18.9. The predicted octanol–water partition coefficient (Wildman–Crippen LogP) is 2.98. The minimum atomic E-state index is -0.0369. The van der Waals surface area contributed by atoms with Crippen molar-refractivity contribution in [2.24, 2.45) is 4.99 Å². The Hall–Kier alpha value is -1.35. The van der Waals surface area contributed by atoms with Gasteiger partial charge in [-0.15, -0.1) is 24.0 Å². The highest BCUT2D eigenvalue weighted by Gasteiger charge is 2.27. The van der Waals surface area contributed by atoms with Gasteiger partial charge in [-0.05, 0) is 64.4 Å². The maximum Gasteiger partial charge on any atom is 0.251 e. The molecule has 1 amide bonds. The van der Waals surface area contributed by atoms with E-state index in [0.29, 0.717) is 18.7 Å². The summed E-state index contributed by atoms with van der Waals surface area (Å²) >= 11 is 0. The maximum atomic E-state index is 12.0. The molecule has 28 heavy (non-hydrogen) atoms. The molecule has 3 N–H and O–H groups in total. The van der Waals surface area contributed by atoms with Crippen LogP contribution in [0.2, 0.25) is 0 Å². The van der Waals surface area contributed by atoms with Gasteiger partial charge in [0.1, 0.15) is 0 Å². The van der Waals surface area contributed by atoms with Crippen molar-refractivity contribution in [3.63, 3.8) is 0 Å². The average molecular weight is 501 g/mol. The molecular formula is C21H36IN5O. The highest BCUT2D eigenvalue weighted by Crippen LogP contribution is 2.19. The quantitative estimate of drug-likeness (QED) is 0.305.